The van der Waals surface area contributed by atoms with Gasteiger partial charge in [0.1, 0.15) is 5.58 Å². The van der Waals surface area contributed by atoms with E-state index in [2.05, 4.69) is 20.6 Å². The summed E-state index contributed by atoms with van der Waals surface area (Å²) in [7, 11) is 0. The zero-order chi connectivity index (χ0) is 17.4. The quantitative estimate of drug-likeness (QED) is 0.613. The molecule has 1 amide bonds. The average Bonchev–Trinajstić information content (AvgIpc) is 3.31. The summed E-state index contributed by atoms with van der Waals surface area (Å²) >= 11 is 0. The molecule has 3 aromatic heterocycles. The molecule has 0 aliphatic rings. The van der Waals surface area contributed by atoms with Gasteiger partial charge in [0.2, 0.25) is 0 Å². The maximum Gasteiger partial charge on any atom is 0.322 e. The lowest BCUT2D eigenvalue weighted by atomic mass is 10.2. The summed E-state index contributed by atoms with van der Waals surface area (Å²) in [5.41, 5.74) is 1.92. The minimum Gasteiger partial charge on any atom is -0.451 e. The number of hydrogen-bond acceptors (Lipinski definition) is 6. The normalized spacial score (nSPS) is 11.1. The minimum absolute atomic E-state index is 0.0100. The molecule has 1 aromatic carbocycles. The Balaban J connectivity index is 1.55. The molecular weight excluding hydrogens is 322 g/mol. The van der Waals surface area contributed by atoms with Gasteiger partial charge in [-0.05, 0) is 32.0 Å². The molecule has 0 saturated heterocycles. The molecule has 0 unspecified atom stereocenters. The van der Waals surface area contributed by atoms with Crippen molar-refractivity contribution in [1.29, 1.82) is 0 Å². The molecule has 0 aliphatic heterocycles. The van der Waals surface area contributed by atoms with Crippen LogP contribution in [0.25, 0.3) is 22.6 Å². The number of nitrogens with zero attached hydrogens (tertiary/aromatic N) is 4. The van der Waals surface area contributed by atoms with E-state index in [0.29, 0.717) is 18.0 Å². The number of carbonyl (C=O) groups is 1. The van der Waals surface area contributed by atoms with Gasteiger partial charge >= 0.3 is 6.01 Å². The number of carbonyl (C=O) groups excluding carboxylic acids is 1. The lowest BCUT2D eigenvalue weighted by Crippen LogP contribution is -2.13. The van der Waals surface area contributed by atoms with Gasteiger partial charge in [-0.25, -0.2) is 0 Å². The number of anilines is 1. The average molecular weight is 337 g/mol. The highest BCUT2D eigenvalue weighted by Gasteiger charge is 2.17. The summed E-state index contributed by atoms with van der Waals surface area (Å²) in [5.74, 6) is 0.233. The van der Waals surface area contributed by atoms with Gasteiger partial charge in [-0.15, -0.1) is 5.10 Å². The predicted molar refractivity (Wildman–Crippen MR) is 90.1 cm³/mol. The fraction of sp³-hybridized carbons (Fsp3) is 0.176. The van der Waals surface area contributed by atoms with E-state index in [1.54, 1.807) is 16.8 Å². The van der Waals surface area contributed by atoms with Crippen LogP contribution in [0.4, 0.5) is 6.01 Å². The van der Waals surface area contributed by atoms with Crippen LogP contribution in [-0.4, -0.2) is 25.9 Å². The molecule has 0 atom stereocenters. The summed E-state index contributed by atoms with van der Waals surface area (Å²) in [4.78, 5) is 12.2. The Morgan fingerprint density at radius 3 is 2.80 bits per heavy atom. The highest BCUT2D eigenvalue weighted by molar-refractivity contribution is 6.01. The van der Waals surface area contributed by atoms with Crippen molar-refractivity contribution in [1.82, 2.24) is 20.0 Å². The fourth-order valence-corrected chi connectivity index (χ4v) is 2.56. The maximum atomic E-state index is 12.2. The van der Waals surface area contributed by atoms with Crippen molar-refractivity contribution in [2.75, 3.05) is 5.32 Å². The third kappa shape index (κ3) is 2.78. The smallest absolute Gasteiger partial charge is 0.322 e. The van der Waals surface area contributed by atoms with Crippen LogP contribution in [0.15, 0.2) is 45.2 Å². The number of aryl methyl sites for hydroxylation is 2. The predicted octanol–water partition coefficient (Wildman–Crippen LogP) is 3.26. The summed E-state index contributed by atoms with van der Waals surface area (Å²) < 4.78 is 12.9. The highest BCUT2D eigenvalue weighted by atomic mass is 16.4. The van der Waals surface area contributed by atoms with Gasteiger partial charge in [0.05, 0.1) is 0 Å². The van der Waals surface area contributed by atoms with E-state index >= 15 is 0 Å². The van der Waals surface area contributed by atoms with Crippen LogP contribution in [0, 0.1) is 6.92 Å². The highest BCUT2D eigenvalue weighted by Crippen LogP contribution is 2.27. The van der Waals surface area contributed by atoms with Crippen molar-refractivity contribution >= 4 is 22.9 Å². The summed E-state index contributed by atoms with van der Waals surface area (Å²) in [5, 5.41) is 15.4. The number of furan rings is 1. The third-order valence-corrected chi connectivity index (χ3v) is 3.80. The Morgan fingerprint density at radius 1 is 1.20 bits per heavy atom. The van der Waals surface area contributed by atoms with Gasteiger partial charge < -0.3 is 8.83 Å². The van der Waals surface area contributed by atoms with Crippen LogP contribution in [0.1, 0.15) is 23.1 Å². The molecule has 1 N–H and O–H groups in total. The largest absolute Gasteiger partial charge is 0.451 e. The van der Waals surface area contributed by atoms with Gasteiger partial charge in [-0.2, -0.15) is 5.10 Å². The first-order chi connectivity index (χ1) is 12.1. The Kier molecular flexibility index (Phi) is 3.57. The molecule has 8 nitrogen and oxygen atoms in total. The van der Waals surface area contributed by atoms with Crippen LogP contribution < -0.4 is 5.32 Å². The van der Waals surface area contributed by atoms with Gasteiger partial charge in [-0.3, -0.25) is 14.8 Å². The van der Waals surface area contributed by atoms with E-state index in [1.165, 1.54) is 0 Å². The molecule has 0 spiro atoms. The number of benzene rings is 1. The van der Waals surface area contributed by atoms with Crippen molar-refractivity contribution in [3.05, 3.63) is 47.8 Å². The first-order valence-corrected chi connectivity index (χ1v) is 7.82. The summed E-state index contributed by atoms with van der Waals surface area (Å²) in [6, 6.07) is 11.1. The van der Waals surface area contributed by atoms with Crippen LogP contribution in [0.5, 0.6) is 0 Å². The second-order valence-electron chi connectivity index (χ2n) is 5.50. The monoisotopic (exact) mass is 337 g/mol. The van der Waals surface area contributed by atoms with E-state index < -0.39 is 5.91 Å². The topological polar surface area (TPSA) is 99.0 Å². The van der Waals surface area contributed by atoms with Crippen LogP contribution in [0.2, 0.25) is 0 Å². The standard InChI is InChI=1S/C17H15N5O3/c1-3-22-10(2)8-12(21-22)15(23)18-17-20-19-16(25-17)14-9-11-6-4-5-7-13(11)24-14/h4-9H,3H2,1-2H3,(H,18,20,23). The van der Waals surface area contributed by atoms with Crippen LogP contribution in [-0.2, 0) is 6.54 Å². The van der Waals surface area contributed by atoms with E-state index in [0.717, 1.165) is 16.7 Å². The minimum atomic E-state index is -0.407. The van der Waals surface area contributed by atoms with E-state index in [-0.39, 0.29) is 11.9 Å². The summed E-state index contributed by atoms with van der Waals surface area (Å²) in [6.07, 6.45) is 0. The van der Waals surface area contributed by atoms with E-state index in [1.807, 2.05) is 38.1 Å². The number of rotatable bonds is 4. The molecule has 3 heterocycles. The molecule has 0 bridgehead atoms. The number of amides is 1. The zero-order valence-electron chi connectivity index (χ0n) is 13.7. The lowest BCUT2D eigenvalue weighted by Gasteiger charge is -1.97. The van der Waals surface area contributed by atoms with E-state index in [9.17, 15) is 4.79 Å². The number of para-hydroxylation sites is 1. The second-order valence-corrected chi connectivity index (χ2v) is 5.50. The lowest BCUT2D eigenvalue weighted by molar-refractivity contribution is 0.101. The molecule has 8 heteroatoms. The first kappa shape index (κ1) is 15.1. The van der Waals surface area contributed by atoms with Gasteiger partial charge in [-0.1, -0.05) is 23.3 Å². The van der Waals surface area contributed by atoms with Crippen molar-refractivity contribution in [2.24, 2.45) is 0 Å². The molecule has 0 aliphatic carbocycles. The van der Waals surface area contributed by atoms with E-state index in [4.69, 9.17) is 8.83 Å². The van der Waals surface area contributed by atoms with Crippen molar-refractivity contribution in [3.63, 3.8) is 0 Å². The number of nitrogens with one attached hydrogen (secondary N) is 1. The molecule has 126 valence electrons. The molecule has 0 fully saturated rings. The Morgan fingerprint density at radius 2 is 2.04 bits per heavy atom. The SMILES string of the molecule is CCn1nc(C(=O)Nc2nnc(-c3cc4ccccc4o3)o2)cc1C. The van der Waals surface area contributed by atoms with Gasteiger partial charge in [0, 0.05) is 17.6 Å². The fourth-order valence-electron chi connectivity index (χ4n) is 2.56. The number of fused-ring (bicyclic) bond motifs is 1. The molecule has 0 saturated carbocycles. The zero-order valence-corrected chi connectivity index (χ0v) is 13.7. The van der Waals surface area contributed by atoms with Crippen LogP contribution in [0.3, 0.4) is 0 Å². The maximum absolute atomic E-state index is 12.2. The number of hydrogen-bond donors (Lipinski definition) is 1. The summed E-state index contributed by atoms with van der Waals surface area (Å²) in [6.45, 7) is 4.54. The van der Waals surface area contributed by atoms with Gasteiger partial charge in [0.25, 0.3) is 11.8 Å². The van der Waals surface area contributed by atoms with Crippen molar-refractivity contribution in [3.8, 4) is 11.7 Å². The Bertz CT molecular complexity index is 1030. The Hall–Kier alpha value is -3.42. The Labute approximate surface area is 142 Å². The third-order valence-electron chi connectivity index (χ3n) is 3.80. The molecule has 0 radical (unpaired) electrons. The van der Waals surface area contributed by atoms with Crippen molar-refractivity contribution < 1.29 is 13.6 Å². The van der Waals surface area contributed by atoms with Crippen LogP contribution >= 0.6 is 0 Å². The number of aromatic nitrogens is 4. The molecule has 4 aromatic rings. The van der Waals surface area contributed by atoms with Crippen molar-refractivity contribution in [2.45, 2.75) is 20.4 Å². The molecule has 25 heavy (non-hydrogen) atoms. The second kappa shape index (κ2) is 5.90. The van der Waals surface area contributed by atoms with Gasteiger partial charge in [0.15, 0.2) is 11.5 Å². The molecule has 4 rings (SSSR count). The molecular formula is C17H15N5O3. The first-order valence-electron chi connectivity index (χ1n) is 7.82.